The van der Waals surface area contributed by atoms with E-state index in [0.717, 1.165) is 31.6 Å². The summed E-state index contributed by atoms with van der Waals surface area (Å²) in [5.41, 5.74) is 2.44. The van der Waals surface area contributed by atoms with Crippen molar-refractivity contribution in [3.63, 3.8) is 0 Å². The van der Waals surface area contributed by atoms with E-state index in [-0.39, 0.29) is 24.2 Å². The van der Waals surface area contributed by atoms with Gasteiger partial charge in [0.2, 0.25) is 0 Å². The molecule has 4 aromatic rings. The largest absolute Gasteiger partial charge is 0.518 e. The number of likely N-dealkylation sites (tertiary alicyclic amines) is 1. The number of carbonyl (C=O) groups is 1. The van der Waals surface area contributed by atoms with Crippen LogP contribution in [0.1, 0.15) is 34.7 Å². The van der Waals surface area contributed by atoms with Gasteiger partial charge in [-0.05, 0) is 55.2 Å². The number of alkyl halides is 3. The van der Waals surface area contributed by atoms with Crippen molar-refractivity contribution in [3.05, 3.63) is 76.4 Å². The average Bonchev–Trinajstić information content (AvgIpc) is 3.57. The Kier molecular flexibility index (Phi) is 9.20. The van der Waals surface area contributed by atoms with E-state index in [0.29, 0.717) is 40.2 Å². The van der Waals surface area contributed by atoms with Gasteiger partial charge in [0.1, 0.15) is 18.6 Å². The number of anilines is 2. The minimum Gasteiger partial charge on any atom is -0.495 e. The molecule has 10 nitrogen and oxygen atoms in total. The summed E-state index contributed by atoms with van der Waals surface area (Å²) in [4.78, 5) is 25.2. The third-order valence-corrected chi connectivity index (χ3v) is 7.39. The summed E-state index contributed by atoms with van der Waals surface area (Å²) in [6.07, 6.45) is -1.52. The zero-order chi connectivity index (χ0) is 31.3. The van der Waals surface area contributed by atoms with Crippen molar-refractivity contribution < 1.29 is 31.5 Å². The highest BCUT2D eigenvalue weighted by Gasteiger charge is 2.30. The lowest BCUT2D eigenvalue weighted by atomic mass is 10.0. The lowest BCUT2D eigenvalue weighted by Gasteiger charge is -2.32. The van der Waals surface area contributed by atoms with Crippen LogP contribution < -0.4 is 26.5 Å². The number of rotatable bonds is 9. The number of hydrogen-bond donors (Lipinski definition) is 3. The number of nitrogens with zero attached hydrogens (tertiary/aromatic N) is 2. The first-order valence-corrected chi connectivity index (χ1v) is 14.0. The van der Waals surface area contributed by atoms with E-state index in [4.69, 9.17) is 13.6 Å². The Labute approximate surface area is 251 Å². The number of piperidine rings is 1. The number of benzene rings is 2. The van der Waals surface area contributed by atoms with Crippen LogP contribution >= 0.6 is 0 Å². The molecule has 0 radical (unpaired) electrons. The van der Waals surface area contributed by atoms with Crippen LogP contribution in [0.4, 0.5) is 24.5 Å². The topological polar surface area (TPSA) is 114 Å². The Bertz CT molecular complexity index is 1740. The number of carbonyl (C=O) groups excluding carboxylic acids is 1. The van der Waals surface area contributed by atoms with Gasteiger partial charge >= 0.3 is 12.0 Å². The van der Waals surface area contributed by atoms with E-state index in [1.807, 2.05) is 6.07 Å². The van der Waals surface area contributed by atoms with E-state index in [1.54, 1.807) is 36.4 Å². The van der Waals surface area contributed by atoms with Gasteiger partial charge in [-0.25, -0.2) is 4.79 Å². The molecule has 0 saturated carbocycles. The van der Waals surface area contributed by atoms with Gasteiger partial charge in [0, 0.05) is 42.8 Å². The molecule has 0 spiro atoms. The molecule has 44 heavy (non-hydrogen) atoms. The molecule has 2 aromatic carbocycles. The van der Waals surface area contributed by atoms with Gasteiger partial charge in [0.15, 0.2) is 5.76 Å². The molecule has 0 unspecified atom stereocenters. The molecule has 0 bridgehead atoms. The van der Waals surface area contributed by atoms with Crippen LogP contribution in [0.3, 0.4) is 0 Å². The number of nitrogens with one attached hydrogen (secondary N) is 3. The lowest BCUT2D eigenvalue weighted by Crippen LogP contribution is -2.38. The van der Waals surface area contributed by atoms with E-state index < -0.39 is 18.5 Å². The molecule has 1 aliphatic rings. The van der Waals surface area contributed by atoms with Crippen LogP contribution in [-0.2, 0) is 13.1 Å². The summed E-state index contributed by atoms with van der Waals surface area (Å²) in [7, 11) is 3.01. The molecular weight excluding hydrogens is 579 g/mol. The molecule has 5 rings (SSSR count). The minimum atomic E-state index is -4.44. The highest BCUT2D eigenvalue weighted by atomic mass is 19.4. The normalized spacial score (nSPS) is 14.2. The molecule has 1 fully saturated rings. The zero-order valence-electron chi connectivity index (χ0n) is 24.2. The number of methoxy groups -OCH3 is 1. The van der Waals surface area contributed by atoms with E-state index >= 15 is 0 Å². The second kappa shape index (κ2) is 13.2. The van der Waals surface area contributed by atoms with E-state index in [9.17, 15) is 22.8 Å². The standard InChI is InChI=1S/C31H32F3N5O5/c1-35-29(40)20-8-9-26(28(15-20)42-2)36-12-4-5-22-16-24-25(6-3-7-27(24)39(22)19-31(32,33)34)37-21-10-13-38(14-11-21)17-23-18-43-30(41)44-23/h3,6-9,15-16,18,21,36-37H,10-14,17,19H2,1-2H3,(H,35,40). The summed E-state index contributed by atoms with van der Waals surface area (Å²) < 4.78 is 57.1. The third kappa shape index (κ3) is 7.38. The number of halogens is 3. The summed E-state index contributed by atoms with van der Waals surface area (Å²) in [6.45, 7) is 0.935. The molecule has 3 heterocycles. The quantitative estimate of drug-likeness (QED) is 0.234. The van der Waals surface area contributed by atoms with E-state index in [2.05, 4.69) is 32.7 Å². The summed E-state index contributed by atoms with van der Waals surface area (Å²) in [6, 6.07) is 12.0. The fourth-order valence-electron chi connectivity index (χ4n) is 5.27. The first-order valence-electron chi connectivity index (χ1n) is 14.0. The number of ether oxygens (including phenoxy) is 1. The fraction of sp³-hybridized carbons (Fsp3) is 0.355. The van der Waals surface area contributed by atoms with Gasteiger partial charge in [-0.1, -0.05) is 12.0 Å². The highest BCUT2D eigenvalue weighted by molar-refractivity contribution is 5.95. The minimum absolute atomic E-state index is 0.114. The Morgan fingerprint density at radius 2 is 1.93 bits per heavy atom. The Morgan fingerprint density at radius 1 is 1.14 bits per heavy atom. The van der Waals surface area contributed by atoms with Crippen molar-refractivity contribution in [2.24, 2.45) is 0 Å². The molecule has 0 atom stereocenters. The van der Waals surface area contributed by atoms with Crippen LogP contribution in [0.2, 0.25) is 0 Å². The van der Waals surface area contributed by atoms with E-state index in [1.165, 1.54) is 25.0 Å². The van der Waals surface area contributed by atoms with Gasteiger partial charge < -0.3 is 34.1 Å². The average molecular weight is 612 g/mol. The SMILES string of the molecule is CNC(=O)c1ccc(NCC#Cc2cc3c(NC4CCN(Cc5coc(=O)o5)CC4)cccc3n2CC(F)(F)F)c(OC)c1. The number of aromatic nitrogens is 1. The van der Waals surface area contributed by atoms with Gasteiger partial charge in [-0.15, -0.1) is 0 Å². The molecule has 1 saturated heterocycles. The third-order valence-electron chi connectivity index (χ3n) is 7.39. The first-order chi connectivity index (χ1) is 21.1. The van der Waals surface area contributed by atoms with Gasteiger partial charge in [-0.2, -0.15) is 13.2 Å². The van der Waals surface area contributed by atoms with Crippen LogP contribution in [0.15, 0.2) is 62.4 Å². The second-order valence-corrected chi connectivity index (χ2v) is 10.4. The van der Waals surface area contributed by atoms with Crippen LogP contribution in [-0.4, -0.2) is 61.4 Å². The molecular formula is C31H32F3N5O5. The maximum atomic E-state index is 13.6. The van der Waals surface area contributed by atoms with Crippen molar-refractivity contribution >= 4 is 28.2 Å². The molecule has 3 N–H and O–H groups in total. The van der Waals surface area contributed by atoms with Crippen molar-refractivity contribution in [2.75, 3.05) is 44.4 Å². The van der Waals surface area contributed by atoms with Crippen molar-refractivity contribution in [1.29, 1.82) is 0 Å². The van der Waals surface area contributed by atoms with Crippen LogP contribution in [0.25, 0.3) is 10.9 Å². The Hall–Kier alpha value is -4.83. The van der Waals surface area contributed by atoms with Crippen molar-refractivity contribution in [3.8, 4) is 17.6 Å². The first kappa shape index (κ1) is 30.6. The lowest BCUT2D eigenvalue weighted by molar-refractivity contribution is -0.140. The predicted octanol–water partition coefficient (Wildman–Crippen LogP) is 4.66. The molecule has 2 aromatic heterocycles. The smallest absolute Gasteiger partial charge is 0.495 e. The molecule has 13 heteroatoms. The summed E-state index contributed by atoms with van der Waals surface area (Å²) >= 11 is 0. The summed E-state index contributed by atoms with van der Waals surface area (Å²) in [5, 5.41) is 9.83. The number of fused-ring (bicyclic) bond motifs is 1. The van der Waals surface area contributed by atoms with Gasteiger partial charge in [-0.3, -0.25) is 9.69 Å². The maximum absolute atomic E-state index is 13.6. The fourth-order valence-corrected chi connectivity index (χ4v) is 5.27. The monoisotopic (exact) mass is 611 g/mol. The molecule has 0 aliphatic carbocycles. The van der Waals surface area contributed by atoms with Crippen molar-refractivity contribution in [2.45, 2.75) is 38.1 Å². The zero-order valence-corrected chi connectivity index (χ0v) is 24.2. The number of amides is 1. The van der Waals surface area contributed by atoms with Crippen LogP contribution in [0, 0.1) is 11.8 Å². The summed E-state index contributed by atoms with van der Waals surface area (Å²) in [5.74, 6) is 5.75. The second-order valence-electron chi connectivity index (χ2n) is 10.4. The Balaban J connectivity index is 1.31. The van der Waals surface area contributed by atoms with Crippen molar-refractivity contribution in [1.82, 2.24) is 14.8 Å². The van der Waals surface area contributed by atoms with Gasteiger partial charge in [0.05, 0.1) is 37.1 Å². The predicted molar refractivity (Wildman–Crippen MR) is 159 cm³/mol. The Morgan fingerprint density at radius 3 is 2.61 bits per heavy atom. The molecule has 232 valence electrons. The number of hydrogen-bond acceptors (Lipinski definition) is 8. The molecule has 1 aliphatic heterocycles. The maximum Gasteiger partial charge on any atom is 0.518 e. The molecule has 1 amide bonds. The van der Waals surface area contributed by atoms with Crippen LogP contribution in [0.5, 0.6) is 5.75 Å². The van der Waals surface area contributed by atoms with Gasteiger partial charge in [0.25, 0.3) is 5.91 Å². The highest BCUT2D eigenvalue weighted by Crippen LogP contribution is 2.31.